The summed E-state index contributed by atoms with van der Waals surface area (Å²) >= 11 is 0. The maximum atomic E-state index is 13.0. The SMILES string of the molecule is C[C@@H](NC(=O)CN(C)Cc1ccc(F)cc1)c1ccc2ccccc2c1. The number of benzene rings is 3. The van der Waals surface area contributed by atoms with Gasteiger partial charge in [0.05, 0.1) is 12.6 Å². The van der Waals surface area contributed by atoms with Crippen molar-refractivity contribution in [3.05, 3.63) is 83.7 Å². The number of hydrogen-bond acceptors (Lipinski definition) is 2. The van der Waals surface area contributed by atoms with Gasteiger partial charge in [-0.3, -0.25) is 9.69 Å². The highest BCUT2D eigenvalue weighted by Gasteiger charge is 2.12. The van der Waals surface area contributed by atoms with Gasteiger partial charge < -0.3 is 5.32 Å². The van der Waals surface area contributed by atoms with Crippen LogP contribution in [-0.4, -0.2) is 24.4 Å². The van der Waals surface area contributed by atoms with Gasteiger partial charge in [0.15, 0.2) is 0 Å². The molecule has 0 aromatic heterocycles. The summed E-state index contributed by atoms with van der Waals surface area (Å²) in [5, 5.41) is 5.40. The van der Waals surface area contributed by atoms with E-state index in [1.54, 1.807) is 12.1 Å². The predicted molar refractivity (Wildman–Crippen MR) is 103 cm³/mol. The molecular formula is C22H23FN2O. The maximum Gasteiger partial charge on any atom is 0.234 e. The minimum atomic E-state index is -0.252. The van der Waals surface area contributed by atoms with Crippen molar-refractivity contribution in [3.8, 4) is 0 Å². The number of amides is 1. The zero-order valence-electron chi connectivity index (χ0n) is 15.1. The molecule has 0 unspecified atom stereocenters. The van der Waals surface area contributed by atoms with Crippen molar-refractivity contribution in [1.82, 2.24) is 10.2 Å². The largest absolute Gasteiger partial charge is 0.348 e. The molecule has 0 bridgehead atoms. The lowest BCUT2D eigenvalue weighted by atomic mass is 10.0. The van der Waals surface area contributed by atoms with E-state index in [9.17, 15) is 9.18 Å². The lowest BCUT2D eigenvalue weighted by Crippen LogP contribution is -2.36. The first-order valence-corrected chi connectivity index (χ1v) is 8.72. The van der Waals surface area contributed by atoms with E-state index in [-0.39, 0.29) is 24.3 Å². The van der Waals surface area contributed by atoms with Crippen LogP contribution >= 0.6 is 0 Å². The number of likely N-dealkylation sites (N-methyl/N-ethyl adjacent to an activating group) is 1. The van der Waals surface area contributed by atoms with Crippen LogP contribution in [0.5, 0.6) is 0 Å². The summed E-state index contributed by atoms with van der Waals surface area (Å²) < 4.78 is 13.0. The van der Waals surface area contributed by atoms with Crippen LogP contribution in [0.4, 0.5) is 4.39 Å². The van der Waals surface area contributed by atoms with Crippen LogP contribution in [0, 0.1) is 5.82 Å². The van der Waals surface area contributed by atoms with E-state index in [4.69, 9.17) is 0 Å². The monoisotopic (exact) mass is 350 g/mol. The van der Waals surface area contributed by atoms with E-state index in [2.05, 4.69) is 35.6 Å². The second kappa shape index (κ2) is 8.11. The maximum absolute atomic E-state index is 13.0. The first kappa shape index (κ1) is 18.1. The molecule has 26 heavy (non-hydrogen) atoms. The van der Waals surface area contributed by atoms with Gasteiger partial charge in [0, 0.05) is 6.54 Å². The van der Waals surface area contributed by atoms with Crippen LogP contribution in [0.2, 0.25) is 0 Å². The van der Waals surface area contributed by atoms with E-state index in [0.29, 0.717) is 6.54 Å². The quantitative estimate of drug-likeness (QED) is 0.719. The molecule has 0 aliphatic heterocycles. The van der Waals surface area contributed by atoms with Crippen molar-refractivity contribution in [2.75, 3.05) is 13.6 Å². The second-order valence-electron chi connectivity index (χ2n) is 6.69. The van der Waals surface area contributed by atoms with Crippen LogP contribution in [0.25, 0.3) is 10.8 Å². The number of hydrogen-bond donors (Lipinski definition) is 1. The summed E-state index contributed by atoms with van der Waals surface area (Å²) in [6.07, 6.45) is 0. The Hall–Kier alpha value is -2.72. The summed E-state index contributed by atoms with van der Waals surface area (Å²) in [4.78, 5) is 14.2. The fourth-order valence-corrected chi connectivity index (χ4v) is 3.05. The van der Waals surface area contributed by atoms with Crippen LogP contribution in [0.1, 0.15) is 24.1 Å². The van der Waals surface area contributed by atoms with Crippen molar-refractivity contribution in [1.29, 1.82) is 0 Å². The summed E-state index contributed by atoms with van der Waals surface area (Å²) in [5.74, 6) is -0.284. The van der Waals surface area contributed by atoms with E-state index in [1.165, 1.54) is 22.9 Å². The van der Waals surface area contributed by atoms with Gasteiger partial charge in [0.25, 0.3) is 0 Å². The number of rotatable bonds is 6. The van der Waals surface area contributed by atoms with Gasteiger partial charge in [-0.05, 0) is 54.1 Å². The fourth-order valence-electron chi connectivity index (χ4n) is 3.05. The standard InChI is InChI=1S/C22H23FN2O/c1-16(19-10-9-18-5-3-4-6-20(18)13-19)24-22(26)15-25(2)14-17-7-11-21(23)12-8-17/h3-13,16H,14-15H2,1-2H3,(H,24,26)/t16-/m1/s1. The second-order valence-corrected chi connectivity index (χ2v) is 6.69. The van der Waals surface area contributed by atoms with Crippen molar-refractivity contribution < 1.29 is 9.18 Å². The minimum Gasteiger partial charge on any atom is -0.348 e. The van der Waals surface area contributed by atoms with Crippen molar-refractivity contribution in [3.63, 3.8) is 0 Å². The first-order valence-electron chi connectivity index (χ1n) is 8.72. The Balaban J connectivity index is 1.56. The molecule has 4 heteroatoms. The Bertz CT molecular complexity index is 892. The molecule has 3 nitrogen and oxygen atoms in total. The summed E-state index contributed by atoms with van der Waals surface area (Å²) in [5.41, 5.74) is 2.06. The van der Waals surface area contributed by atoms with Gasteiger partial charge in [0.1, 0.15) is 5.82 Å². The Morgan fingerprint density at radius 2 is 1.73 bits per heavy atom. The Labute approximate surface area is 153 Å². The molecule has 0 saturated carbocycles. The highest BCUT2D eigenvalue weighted by molar-refractivity contribution is 5.83. The molecule has 0 heterocycles. The topological polar surface area (TPSA) is 32.3 Å². The van der Waals surface area contributed by atoms with Gasteiger partial charge >= 0.3 is 0 Å². The Kier molecular flexibility index (Phi) is 5.64. The number of nitrogens with one attached hydrogen (secondary N) is 1. The molecule has 1 amide bonds. The fraction of sp³-hybridized carbons (Fsp3) is 0.227. The van der Waals surface area contributed by atoms with Gasteiger partial charge in [0.2, 0.25) is 5.91 Å². The molecule has 0 fully saturated rings. The molecule has 3 aromatic carbocycles. The molecule has 3 rings (SSSR count). The van der Waals surface area contributed by atoms with Crippen LogP contribution in [-0.2, 0) is 11.3 Å². The average molecular weight is 350 g/mol. The highest BCUT2D eigenvalue weighted by atomic mass is 19.1. The van der Waals surface area contributed by atoms with Crippen molar-refractivity contribution in [2.24, 2.45) is 0 Å². The number of fused-ring (bicyclic) bond motifs is 1. The molecule has 1 N–H and O–H groups in total. The molecule has 0 spiro atoms. The molecule has 1 atom stereocenters. The molecule has 0 saturated heterocycles. The van der Waals surface area contributed by atoms with E-state index >= 15 is 0 Å². The van der Waals surface area contributed by atoms with Gasteiger partial charge in [-0.25, -0.2) is 4.39 Å². The van der Waals surface area contributed by atoms with Crippen LogP contribution in [0.3, 0.4) is 0 Å². The van der Waals surface area contributed by atoms with E-state index < -0.39 is 0 Å². The van der Waals surface area contributed by atoms with Crippen molar-refractivity contribution in [2.45, 2.75) is 19.5 Å². The summed E-state index contributed by atoms with van der Waals surface area (Å²) in [6, 6.07) is 20.7. The zero-order valence-corrected chi connectivity index (χ0v) is 15.1. The van der Waals surface area contributed by atoms with Crippen LogP contribution < -0.4 is 5.32 Å². The first-order chi connectivity index (χ1) is 12.5. The van der Waals surface area contributed by atoms with E-state index in [0.717, 1.165) is 11.1 Å². The highest BCUT2D eigenvalue weighted by Crippen LogP contribution is 2.20. The lowest BCUT2D eigenvalue weighted by molar-refractivity contribution is -0.122. The third-order valence-electron chi connectivity index (χ3n) is 4.43. The molecular weight excluding hydrogens is 327 g/mol. The van der Waals surface area contributed by atoms with E-state index in [1.807, 2.05) is 31.0 Å². The number of carbonyl (C=O) groups is 1. The smallest absolute Gasteiger partial charge is 0.234 e. The Morgan fingerprint density at radius 1 is 1.04 bits per heavy atom. The summed E-state index contributed by atoms with van der Waals surface area (Å²) in [7, 11) is 1.88. The number of halogens is 1. The van der Waals surface area contributed by atoms with Gasteiger partial charge in [-0.1, -0.05) is 48.5 Å². The zero-order chi connectivity index (χ0) is 18.5. The van der Waals surface area contributed by atoms with Gasteiger partial charge in [-0.2, -0.15) is 0 Å². The van der Waals surface area contributed by atoms with Gasteiger partial charge in [-0.15, -0.1) is 0 Å². The molecule has 0 radical (unpaired) electrons. The molecule has 134 valence electrons. The number of nitrogens with zero attached hydrogens (tertiary/aromatic N) is 1. The Morgan fingerprint density at radius 3 is 2.46 bits per heavy atom. The third-order valence-corrected chi connectivity index (χ3v) is 4.43. The summed E-state index contributed by atoms with van der Waals surface area (Å²) in [6.45, 7) is 2.87. The molecule has 0 aliphatic rings. The normalized spacial score (nSPS) is 12.3. The number of carbonyl (C=O) groups excluding carboxylic acids is 1. The lowest BCUT2D eigenvalue weighted by Gasteiger charge is -2.19. The van der Waals surface area contributed by atoms with Crippen LogP contribution in [0.15, 0.2) is 66.7 Å². The van der Waals surface area contributed by atoms with Crippen molar-refractivity contribution >= 4 is 16.7 Å². The average Bonchev–Trinajstić information content (AvgIpc) is 2.63. The molecule has 3 aromatic rings. The molecule has 0 aliphatic carbocycles. The minimum absolute atomic E-state index is 0.0322. The third kappa shape index (κ3) is 4.67. The predicted octanol–water partition coefficient (Wildman–Crippen LogP) is 4.29.